The van der Waals surface area contributed by atoms with Gasteiger partial charge in [-0.3, -0.25) is 5.21 Å². The standard InChI is InChI=1S/CH6NO3P/c1-6-5-4-2-3/h2-3,6H,1H3. The third-order valence-corrected chi connectivity index (χ3v) is 0.412. The van der Waals surface area contributed by atoms with Crippen LogP contribution < -0.4 is 5.64 Å². The lowest BCUT2D eigenvalue weighted by atomic mass is 12.0. The molecule has 38 valence electrons. The van der Waals surface area contributed by atoms with Crippen molar-refractivity contribution in [1.82, 2.24) is 5.64 Å². The first kappa shape index (κ1) is 6.27. The molecule has 0 heterocycles. The number of rotatable bonds is 3. The van der Waals surface area contributed by atoms with Crippen LogP contribution >= 0.6 is 8.81 Å². The first-order valence-electron chi connectivity index (χ1n) is 1.30. The fourth-order valence-corrected chi connectivity index (χ4v) is 0.181. The van der Waals surface area contributed by atoms with Crippen LogP contribution in [0.15, 0.2) is 0 Å². The van der Waals surface area contributed by atoms with Crippen LogP contribution in [-0.4, -0.2) is 11.9 Å². The largest absolute Gasteiger partial charge is 0.290 e. The van der Waals surface area contributed by atoms with Crippen LogP contribution in [0.1, 0.15) is 0 Å². The topological polar surface area (TPSA) is 50.7 Å². The molecule has 0 aliphatic carbocycles. The van der Waals surface area contributed by atoms with Crippen molar-refractivity contribution in [3.8, 4) is 0 Å². The summed E-state index contributed by atoms with van der Waals surface area (Å²) >= 11 is 0. The van der Waals surface area contributed by atoms with Crippen LogP contribution in [0.4, 0.5) is 0 Å². The molecule has 1 unspecified atom stereocenters. The molecule has 2 N–H and O–H groups in total. The van der Waals surface area contributed by atoms with E-state index in [0.717, 1.165) is 0 Å². The number of nitrogens with one attached hydrogen (secondary N) is 1. The van der Waals surface area contributed by atoms with E-state index in [9.17, 15) is 0 Å². The zero-order valence-corrected chi connectivity index (χ0v) is 4.26. The van der Waals surface area contributed by atoms with E-state index in [2.05, 4.69) is 9.66 Å². The van der Waals surface area contributed by atoms with Gasteiger partial charge < -0.3 is 0 Å². The summed E-state index contributed by atoms with van der Waals surface area (Å²) in [6.45, 7) is 1.76. The predicted octanol–water partition coefficient (Wildman–Crippen LogP) is 0.0517. The minimum absolute atomic E-state index is 0.220. The van der Waals surface area contributed by atoms with Gasteiger partial charge in [-0.2, -0.15) is 4.67 Å². The van der Waals surface area contributed by atoms with E-state index < -0.39 is 0 Å². The van der Waals surface area contributed by atoms with Crippen LogP contribution in [0.3, 0.4) is 0 Å². The summed E-state index contributed by atoms with van der Waals surface area (Å²) in [5, 5.41) is 7.60. The zero-order chi connectivity index (χ0) is 4.83. The Balaban J connectivity index is 2.34. The average molecular weight is 111 g/mol. The highest BCUT2D eigenvalue weighted by atomic mass is 31.1. The number of hydrogen-bond acceptors (Lipinski definition) is 4. The van der Waals surface area contributed by atoms with E-state index in [4.69, 9.17) is 5.21 Å². The first-order valence-corrected chi connectivity index (χ1v) is 2.71. The Bertz CT molecular complexity index is 22.8. The number of hydrogen-bond donors (Lipinski definition) is 2. The van der Waals surface area contributed by atoms with E-state index in [0.29, 0.717) is 0 Å². The highest BCUT2D eigenvalue weighted by molar-refractivity contribution is 7.31. The fraction of sp³-hybridized carbons (Fsp3) is 1.00. The van der Waals surface area contributed by atoms with Gasteiger partial charge in [0.1, 0.15) is 0 Å². The van der Waals surface area contributed by atoms with Gasteiger partial charge in [-0.1, -0.05) is 0 Å². The molecule has 1 atom stereocenters. The Morgan fingerprint density at radius 3 is 2.67 bits per heavy atom. The Kier molecular flexibility index (Phi) is 5.51. The van der Waals surface area contributed by atoms with E-state index in [-0.39, 0.29) is 8.81 Å². The molecule has 0 saturated heterocycles. The fourth-order valence-electron chi connectivity index (χ4n) is 0.0603. The van der Waals surface area contributed by atoms with Crippen molar-refractivity contribution in [3.63, 3.8) is 0 Å². The minimum Gasteiger partial charge on any atom is -0.290 e. The summed E-state index contributed by atoms with van der Waals surface area (Å²) in [6, 6.07) is 0. The molecular formula is CH6NO3P. The van der Waals surface area contributed by atoms with E-state index in [1.165, 1.54) is 5.64 Å². The maximum absolute atomic E-state index is 7.60. The molecule has 0 aromatic carbocycles. The van der Waals surface area contributed by atoms with Gasteiger partial charge in [0.15, 0.2) is 0 Å². The summed E-state index contributed by atoms with van der Waals surface area (Å²) < 4.78 is 4.15. The van der Waals surface area contributed by atoms with Crippen molar-refractivity contribution >= 4 is 8.81 Å². The molecule has 0 fully saturated rings. The molecule has 0 bridgehead atoms. The summed E-state index contributed by atoms with van der Waals surface area (Å²) in [5.74, 6) is 0. The van der Waals surface area contributed by atoms with Crippen LogP contribution in [0.25, 0.3) is 0 Å². The Morgan fingerprint density at radius 1 is 1.83 bits per heavy atom. The summed E-state index contributed by atoms with van der Waals surface area (Å²) in [6.07, 6.45) is 0. The van der Waals surface area contributed by atoms with Gasteiger partial charge in [0.2, 0.25) is 0 Å². The van der Waals surface area contributed by atoms with Crippen molar-refractivity contribution in [3.05, 3.63) is 0 Å². The van der Waals surface area contributed by atoms with E-state index in [1.807, 2.05) is 0 Å². The maximum Gasteiger partial charge on any atom is 0.0556 e. The SMILES string of the molecule is CPOONO. The van der Waals surface area contributed by atoms with Gasteiger partial charge in [-0.25, -0.2) is 0 Å². The smallest absolute Gasteiger partial charge is 0.0556 e. The van der Waals surface area contributed by atoms with Crippen molar-refractivity contribution in [2.75, 3.05) is 6.66 Å². The molecule has 0 saturated carbocycles. The highest BCUT2D eigenvalue weighted by Gasteiger charge is 1.71. The summed E-state index contributed by atoms with van der Waals surface area (Å²) in [5.41, 5.74) is 1.35. The maximum atomic E-state index is 7.60. The van der Waals surface area contributed by atoms with Crippen molar-refractivity contribution in [1.29, 1.82) is 0 Å². The van der Waals surface area contributed by atoms with Gasteiger partial charge in [0.05, 0.1) is 8.81 Å². The van der Waals surface area contributed by atoms with Crippen molar-refractivity contribution < 1.29 is 14.9 Å². The van der Waals surface area contributed by atoms with Crippen LogP contribution in [0, 0.1) is 0 Å². The molecule has 0 aliphatic heterocycles. The lowest BCUT2D eigenvalue weighted by Gasteiger charge is -1.91. The van der Waals surface area contributed by atoms with Crippen molar-refractivity contribution in [2.24, 2.45) is 0 Å². The Labute approximate surface area is 37.1 Å². The Hall–Kier alpha value is 0.270. The lowest BCUT2D eigenvalue weighted by molar-refractivity contribution is -0.322. The summed E-state index contributed by atoms with van der Waals surface area (Å²) in [4.78, 5) is 3.80. The normalized spacial score (nSPS) is 11.0. The summed E-state index contributed by atoms with van der Waals surface area (Å²) in [7, 11) is 0.220. The van der Waals surface area contributed by atoms with Crippen LogP contribution in [0.2, 0.25) is 0 Å². The van der Waals surface area contributed by atoms with Gasteiger partial charge in [0.25, 0.3) is 0 Å². The molecule has 0 rings (SSSR count). The molecule has 0 aromatic rings. The van der Waals surface area contributed by atoms with E-state index >= 15 is 0 Å². The van der Waals surface area contributed by atoms with Gasteiger partial charge >= 0.3 is 0 Å². The van der Waals surface area contributed by atoms with Crippen LogP contribution in [0.5, 0.6) is 0 Å². The third-order valence-electron chi connectivity index (χ3n) is 0.162. The molecule has 0 aromatic heterocycles. The monoisotopic (exact) mass is 111 g/mol. The molecular weight excluding hydrogens is 105 g/mol. The first-order chi connectivity index (χ1) is 2.91. The second kappa shape index (κ2) is 5.27. The van der Waals surface area contributed by atoms with Gasteiger partial charge in [0, 0.05) is 0 Å². The quantitative estimate of drug-likeness (QED) is 0.234. The molecule has 0 spiro atoms. The van der Waals surface area contributed by atoms with E-state index in [1.54, 1.807) is 6.66 Å². The lowest BCUT2D eigenvalue weighted by Crippen LogP contribution is -2.04. The molecule has 5 heteroatoms. The molecule has 0 amide bonds. The molecule has 0 radical (unpaired) electrons. The van der Waals surface area contributed by atoms with Crippen molar-refractivity contribution in [2.45, 2.75) is 0 Å². The molecule has 0 aliphatic rings. The average Bonchev–Trinajstić information content (AvgIpc) is 1.61. The zero-order valence-electron chi connectivity index (χ0n) is 3.26. The predicted molar refractivity (Wildman–Crippen MR) is 21.3 cm³/mol. The third kappa shape index (κ3) is 4.27. The minimum atomic E-state index is 0.220. The molecule has 6 heavy (non-hydrogen) atoms. The van der Waals surface area contributed by atoms with Crippen LogP contribution in [-0.2, 0) is 9.66 Å². The van der Waals surface area contributed by atoms with Gasteiger partial charge in [-0.05, 0) is 12.3 Å². The highest BCUT2D eigenvalue weighted by Crippen LogP contribution is 2.00. The second-order valence-corrected chi connectivity index (χ2v) is 1.04. The Morgan fingerprint density at radius 2 is 2.50 bits per heavy atom. The van der Waals surface area contributed by atoms with Gasteiger partial charge in [-0.15, -0.1) is 4.99 Å². The molecule has 4 nitrogen and oxygen atoms in total. The second-order valence-electron chi connectivity index (χ2n) is 0.462.